The van der Waals surface area contributed by atoms with Gasteiger partial charge in [-0.25, -0.2) is 18.6 Å². The van der Waals surface area contributed by atoms with Crippen molar-refractivity contribution in [2.24, 2.45) is 0 Å². The highest BCUT2D eigenvalue weighted by Crippen LogP contribution is 2.53. The molecule has 0 fully saturated rings. The number of hydrogen-bond acceptors (Lipinski definition) is 4. The summed E-state index contributed by atoms with van der Waals surface area (Å²) in [5.41, 5.74) is -0.159. The van der Waals surface area contributed by atoms with Gasteiger partial charge in [0, 0.05) is 31.5 Å². The average Bonchev–Trinajstić information content (AvgIpc) is 2.70. The zero-order valence-electron chi connectivity index (χ0n) is 18.3. The molecule has 0 spiro atoms. The number of nitrogens with zero attached hydrogens (tertiary/aromatic N) is 2. The molecular weight excluding hydrogens is 388 g/mol. The number of rotatable bonds is 5. The Balaban J connectivity index is 0.000000575. The van der Waals surface area contributed by atoms with Gasteiger partial charge in [-0.05, 0) is 45.4 Å². The number of alkyl halides is 2. The van der Waals surface area contributed by atoms with Crippen LogP contribution in [0.3, 0.4) is 0 Å². The summed E-state index contributed by atoms with van der Waals surface area (Å²) in [5.74, 6) is -2.74. The summed E-state index contributed by atoms with van der Waals surface area (Å²) in [6, 6.07) is 8.06. The third kappa shape index (κ3) is 4.77. The minimum absolute atomic E-state index is 0.205. The average molecular weight is 418 g/mol. The molecule has 0 amide bonds. The Labute approximate surface area is 177 Å². The van der Waals surface area contributed by atoms with Crippen molar-refractivity contribution in [1.29, 1.82) is 0 Å². The molecule has 0 bridgehead atoms. The van der Waals surface area contributed by atoms with Gasteiger partial charge in [-0.3, -0.25) is 0 Å². The maximum atomic E-state index is 15.1. The van der Waals surface area contributed by atoms with E-state index in [9.17, 15) is 0 Å². The van der Waals surface area contributed by atoms with Crippen molar-refractivity contribution in [1.82, 2.24) is 4.98 Å². The van der Waals surface area contributed by atoms with Gasteiger partial charge in [-0.2, -0.15) is 0 Å². The summed E-state index contributed by atoms with van der Waals surface area (Å²) in [5, 5.41) is 3.10. The van der Waals surface area contributed by atoms with Crippen molar-refractivity contribution in [2.45, 2.75) is 58.2 Å². The fourth-order valence-electron chi connectivity index (χ4n) is 3.23. The molecule has 0 saturated carbocycles. The number of ether oxygens (including phenoxy) is 2. The number of fused-ring (bicyclic) bond motifs is 2. The topological polar surface area (TPSA) is 47.7 Å². The number of nitrogens with one attached hydrogen (secondary N) is 1. The summed E-state index contributed by atoms with van der Waals surface area (Å²) in [6.45, 7) is 15.5. The molecule has 30 heavy (non-hydrogen) atoms. The van der Waals surface area contributed by atoms with Gasteiger partial charge in [0.15, 0.2) is 5.69 Å². The molecule has 3 rings (SSSR count). The molecule has 0 radical (unpaired) electrons. The third-order valence-corrected chi connectivity index (χ3v) is 4.97. The Hall–Kier alpha value is -2.56. The number of hydrogen-bond donors (Lipinski definition) is 1. The molecule has 5 nitrogen and oxygen atoms in total. The lowest BCUT2D eigenvalue weighted by Crippen LogP contribution is -2.50. The van der Waals surface area contributed by atoms with Crippen LogP contribution in [0.5, 0.6) is 0 Å². The maximum Gasteiger partial charge on any atom is 0.261 e. The van der Waals surface area contributed by atoms with Crippen LogP contribution in [0.25, 0.3) is 4.85 Å². The maximum absolute atomic E-state index is 15.1. The van der Waals surface area contributed by atoms with Gasteiger partial charge in [0.05, 0.1) is 25.4 Å². The summed E-state index contributed by atoms with van der Waals surface area (Å²) < 4.78 is 40.6. The highest BCUT2D eigenvalue weighted by atomic mass is 19.3. The number of halogens is 2. The summed E-state index contributed by atoms with van der Waals surface area (Å²) in [4.78, 5) is 7.63. The Bertz CT molecular complexity index is 904. The SMILES string of the molecule is COC(C)C.[C-]#[N+]c1ccc2c(c1)C(COC(C)C)(C(C)(F)F)c1cccnc1N2. The lowest BCUT2D eigenvalue weighted by Gasteiger charge is -2.44. The van der Waals surface area contributed by atoms with E-state index in [1.54, 1.807) is 37.6 Å². The molecule has 1 aromatic carbocycles. The minimum atomic E-state index is -3.13. The predicted molar refractivity (Wildman–Crippen MR) is 115 cm³/mol. The Morgan fingerprint density at radius 1 is 1.17 bits per heavy atom. The van der Waals surface area contributed by atoms with Crippen molar-refractivity contribution < 1.29 is 18.3 Å². The molecule has 1 aliphatic rings. The second-order valence-electron chi connectivity index (χ2n) is 7.80. The van der Waals surface area contributed by atoms with E-state index in [4.69, 9.17) is 16.0 Å². The standard InChI is InChI=1S/C19H19F2N3O.C4H10O/c1-12(2)25-11-19(18(3,20)21)14-6-5-9-23-17(14)24-16-8-7-13(22-4)10-15(16)19;1-4(2)5-3/h5-10,12H,11H2,1-3H3,(H,23,24);4H,1-3H3. The smallest absolute Gasteiger partial charge is 0.261 e. The van der Waals surface area contributed by atoms with Crippen LogP contribution in [0, 0.1) is 6.57 Å². The van der Waals surface area contributed by atoms with E-state index in [2.05, 4.69) is 15.1 Å². The van der Waals surface area contributed by atoms with Crippen molar-refractivity contribution in [3.8, 4) is 0 Å². The van der Waals surface area contributed by atoms with Crippen LogP contribution in [-0.4, -0.2) is 36.8 Å². The van der Waals surface area contributed by atoms with E-state index in [1.165, 1.54) is 6.07 Å². The molecule has 1 N–H and O–H groups in total. The lowest BCUT2D eigenvalue weighted by molar-refractivity contribution is -0.0867. The van der Waals surface area contributed by atoms with Crippen LogP contribution in [-0.2, 0) is 14.9 Å². The fourth-order valence-corrected chi connectivity index (χ4v) is 3.23. The van der Waals surface area contributed by atoms with Crippen LogP contribution in [0.4, 0.5) is 26.0 Å². The molecule has 1 atom stereocenters. The first-order valence-corrected chi connectivity index (χ1v) is 9.83. The number of pyridine rings is 1. The third-order valence-electron chi connectivity index (χ3n) is 4.97. The van der Waals surface area contributed by atoms with E-state index in [0.29, 0.717) is 34.4 Å². The molecule has 2 heterocycles. The van der Waals surface area contributed by atoms with Crippen LogP contribution in [0.1, 0.15) is 45.7 Å². The molecule has 1 aliphatic heterocycles. The predicted octanol–water partition coefficient (Wildman–Crippen LogP) is 6.10. The van der Waals surface area contributed by atoms with Gasteiger partial charge in [0.1, 0.15) is 11.2 Å². The molecule has 1 aromatic heterocycles. The van der Waals surface area contributed by atoms with Crippen LogP contribution < -0.4 is 5.32 Å². The van der Waals surface area contributed by atoms with Crippen molar-refractivity contribution in [3.63, 3.8) is 0 Å². The molecular formula is C23H29F2N3O2. The van der Waals surface area contributed by atoms with Gasteiger partial charge >= 0.3 is 0 Å². The monoisotopic (exact) mass is 417 g/mol. The number of benzene rings is 1. The summed E-state index contributed by atoms with van der Waals surface area (Å²) in [7, 11) is 1.70. The van der Waals surface area contributed by atoms with Gasteiger partial charge in [-0.15, -0.1) is 0 Å². The number of methoxy groups -OCH3 is 1. The molecule has 2 aromatic rings. The van der Waals surface area contributed by atoms with Crippen LogP contribution in [0.15, 0.2) is 36.5 Å². The Morgan fingerprint density at radius 3 is 2.37 bits per heavy atom. The molecule has 1 unspecified atom stereocenters. The number of aromatic nitrogens is 1. The lowest BCUT2D eigenvalue weighted by atomic mass is 9.68. The molecule has 0 saturated heterocycles. The zero-order valence-corrected chi connectivity index (χ0v) is 18.3. The largest absolute Gasteiger partial charge is 0.382 e. The first-order chi connectivity index (χ1) is 14.1. The normalized spacial score (nSPS) is 17.4. The highest BCUT2D eigenvalue weighted by molar-refractivity contribution is 5.76. The Kier molecular flexibility index (Phi) is 7.51. The van der Waals surface area contributed by atoms with Crippen LogP contribution >= 0.6 is 0 Å². The van der Waals surface area contributed by atoms with Gasteiger partial charge in [0.25, 0.3) is 5.92 Å². The zero-order chi connectivity index (χ0) is 22.5. The van der Waals surface area contributed by atoms with E-state index in [1.807, 2.05) is 27.7 Å². The summed E-state index contributed by atoms with van der Waals surface area (Å²) in [6.07, 6.45) is 1.74. The van der Waals surface area contributed by atoms with Crippen molar-refractivity contribution >= 4 is 17.2 Å². The van der Waals surface area contributed by atoms with Crippen LogP contribution in [0.2, 0.25) is 0 Å². The Morgan fingerprint density at radius 2 is 1.83 bits per heavy atom. The van der Waals surface area contributed by atoms with E-state index in [-0.39, 0.29) is 12.7 Å². The van der Waals surface area contributed by atoms with E-state index in [0.717, 1.165) is 6.92 Å². The van der Waals surface area contributed by atoms with Crippen molar-refractivity contribution in [2.75, 3.05) is 19.0 Å². The quantitative estimate of drug-likeness (QED) is 0.598. The van der Waals surface area contributed by atoms with Gasteiger partial charge in [0.2, 0.25) is 0 Å². The number of anilines is 2. The second-order valence-corrected chi connectivity index (χ2v) is 7.80. The fraction of sp³-hybridized carbons (Fsp3) is 0.478. The van der Waals surface area contributed by atoms with E-state index >= 15 is 8.78 Å². The van der Waals surface area contributed by atoms with Crippen molar-refractivity contribution in [3.05, 3.63) is 59.1 Å². The molecule has 162 valence electrons. The van der Waals surface area contributed by atoms with Gasteiger partial charge in [-0.1, -0.05) is 18.2 Å². The van der Waals surface area contributed by atoms with Gasteiger partial charge < -0.3 is 14.8 Å². The highest BCUT2D eigenvalue weighted by Gasteiger charge is 2.56. The first-order valence-electron chi connectivity index (χ1n) is 9.83. The molecule has 0 aliphatic carbocycles. The van der Waals surface area contributed by atoms with E-state index < -0.39 is 11.3 Å². The summed E-state index contributed by atoms with van der Waals surface area (Å²) >= 11 is 0. The minimum Gasteiger partial charge on any atom is -0.382 e. The second kappa shape index (κ2) is 9.50. The molecule has 7 heteroatoms. The first kappa shape index (κ1) is 23.7.